The van der Waals surface area contributed by atoms with E-state index < -0.39 is 29.2 Å². The van der Waals surface area contributed by atoms with Gasteiger partial charge in [-0.3, -0.25) is 9.69 Å². The molecule has 5 aromatic rings. The Morgan fingerprint density at radius 1 is 0.755 bits per heavy atom. The number of amides is 2. The molecule has 0 spiro atoms. The summed E-state index contributed by atoms with van der Waals surface area (Å²) in [7, 11) is 0. The van der Waals surface area contributed by atoms with E-state index in [9.17, 15) is 9.59 Å². The monoisotopic (exact) mass is 676 g/mol. The molecule has 1 aliphatic heterocycles. The number of para-hydroxylation sites is 1. The van der Waals surface area contributed by atoms with E-state index in [1.165, 1.54) is 21.3 Å². The van der Waals surface area contributed by atoms with Gasteiger partial charge in [0.05, 0.1) is 6.54 Å². The molecule has 1 atom stereocenters. The molecule has 4 aromatic carbocycles. The summed E-state index contributed by atoms with van der Waals surface area (Å²) < 4.78 is 18.0. The lowest BCUT2D eigenvalue weighted by molar-refractivity contribution is -0.224. The van der Waals surface area contributed by atoms with Gasteiger partial charge in [0, 0.05) is 18.0 Å². The quantitative estimate of drug-likeness (QED) is 0.138. The van der Waals surface area contributed by atoms with Crippen molar-refractivity contribution in [3.63, 3.8) is 0 Å². The van der Waals surface area contributed by atoms with E-state index in [2.05, 4.69) is 0 Å². The highest BCUT2D eigenvalue weighted by Crippen LogP contribution is 2.42. The van der Waals surface area contributed by atoms with Crippen LogP contribution in [0.15, 0.2) is 133 Å². The van der Waals surface area contributed by atoms with Crippen LogP contribution in [0.2, 0.25) is 0 Å². The van der Waals surface area contributed by atoms with Gasteiger partial charge in [-0.25, -0.2) is 14.7 Å². The standard InChI is InChI=1S/C40H40N2O6S/c1-39(2,3)47-38(44)41-25-16-26-42(37(43)35(41)28-45-36-27-34(29-49-36)46-33-23-14-7-15-24-33)48-40(30-17-8-4-9-18-30,31-19-10-5-11-20-31)32-21-12-6-13-22-32/h4-15,17-24,27,29,35H,16,25-26,28H2,1-3H3/t35-/m1/s1. The normalized spacial score (nSPS) is 15.4. The molecular weight excluding hydrogens is 637 g/mol. The van der Waals surface area contributed by atoms with E-state index in [1.54, 1.807) is 26.8 Å². The first-order valence-corrected chi connectivity index (χ1v) is 17.2. The Bertz CT molecular complexity index is 1710. The molecule has 0 N–H and O–H groups in total. The third-order valence-corrected chi connectivity index (χ3v) is 8.82. The summed E-state index contributed by atoms with van der Waals surface area (Å²) in [6.45, 7) is 5.82. The van der Waals surface area contributed by atoms with Crippen LogP contribution in [0, 0.1) is 0 Å². The summed E-state index contributed by atoms with van der Waals surface area (Å²) in [5.41, 5.74) is 0.625. The molecule has 2 amide bonds. The fraction of sp³-hybridized carbons (Fsp3) is 0.250. The van der Waals surface area contributed by atoms with Crippen LogP contribution >= 0.6 is 11.3 Å². The molecule has 0 saturated carbocycles. The fourth-order valence-electron chi connectivity index (χ4n) is 5.80. The Labute approximate surface area is 291 Å². The SMILES string of the molecule is CC(C)(C)OC(=O)N1CCCN(OC(c2ccccc2)(c2ccccc2)c2ccccc2)C(=O)[C@H]1COc1cc(Oc2ccccc2)cs1. The summed E-state index contributed by atoms with van der Waals surface area (Å²) in [6, 6.07) is 39.8. The lowest BCUT2D eigenvalue weighted by Gasteiger charge is -2.40. The van der Waals surface area contributed by atoms with Gasteiger partial charge in [0.25, 0.3) is 5.91 Å². The Morgan fingerprint density at radius 3 is 1.82 bits per heavy atom. The van der Waals surface area contributed by atoms with Gasteiger partial charge in [-0.2, -0.15) is 0 Å². The van der Waals surface area contributed by atoms with Gasteiger partial charge in [0.15, 0.2) is 16.7 Å². The Balaban J connectivity index is 1.34. The number of rotatable bonds is 10. The zero-order chi connectivity index (χ0) is 34.3. The topological polar surface area (TPSA) is 77.5 Å². The maximum Gasteiger partial charge on any atom is 0.411 e. The van der Waals surface area contributed by atoms with Crippen LogP contribution in [-0.2, 0) is 20.0 Å². The molecule has 0 bridgehead atoms. The second-order valence-corrected chi connectivity index (χ2v) is 13.6. The smallest absolute Gasteiger partial charge is 0.411 e. The molecule has 8 nitrogen and oxygen atoms in total. The summed E-state index contributed by atoms with van der Waals surface area (Å²) in [5, 5.41) is 3.79. The van der Waals surface area contributed by atoms with Crippen LogP contribution in [0.5, 0.6) is 16.6 Å². The third kappa shape index (κ3) is 7.96. The zero-order valence-corrected chi connectivity index (χ0v) is 28.7. The molecule has 0 radical (unpaired) electrons. The lowest BCUT2D eigenvalue weighted by Crippen LogP contribution is -2.54. The van der Waals surface area contributed by atoms with Gasteiger partial charge in [0.2, 0.25) is 0 Å². The molecule has 6 rings (SSSR count). The number of benzene rings is 4. The van der Waals surface area contributed by atoms with Crippen LogP contribution in [-0.4, -0.2) is 53.3 Å². The maximum atomic E-state index is 14.7. The van der Waals surface area contributed by atoms with Crippen LogP contribution in [0.3, 0.4) is 0 Å². The van der Waals surface area contributed by atoms with Gasteiger partial charge in [-0.05, 0) is 56.0 Å². The van der Waals surface area contributed by atoms with E-state index in [4.69, 9.17) is 19.0 Å². The minimum absolute atomic E-state index is 0.113. The van der Waals surface area contributed by atoms with Crippen molar-refractivity contribution in [3.05, 3.63) is 149 Å². The lowest BCUT2D eigenvalue weighted by atomic mass is 9.80. The van der Waals surface area contributed by atoms with Crippen LogP contribution in [0.25, 0.3) is 0 Å². The molecule has 2 heterocycles. The Morgan fingerprint density at radius 2 is 1.29 bits per heavy atom. The number of thiophene rings is 1. The van der Waals surface area contributed by atoms with Crippen molar-refractivity contribution >= 4 is 23.3 Å². The minimum Gasteiger partial charge on any atom is -0.481 e. The Hall–Kier alpha value is -5.12. The van der Waals surface area contributed by atoms with Crippen molar-refractivity contribution in [2.75, 3.05) is 19.7 Å². The van der Waals surface area contributed by atoms with E-state index in [-0.39, 0.29) is 19.7 Å². The molecular formula is C40H40N2O6S. The van der Waals surface area contributed by atoms with Crippen molar-refractivity contribution in [1.82, 2.24) is 9.96 Å². The highest BCUT2D eigenvalue weighted by molar-refractivity contribution is 7.12. The predicted molar refractivity (Wildman–Crippen MR) is 190 cm³/mol. The first-order chi connectivity index (χ1) is 23.7. The number of nitrogens with zero attached hydrogens (tertiary/aromatic N) is 2. The van der Waals surface area contributed by atoms with Crippen molar-refractivity contribution in [3.8, 4) is 16.6 Å². The van der Waals surface area contributed by atoms with Crippen LogP contribution in [0.4, 0.5) is 4.79 Å². The number of hydrogen-bond donors (Lipinski definition) is 0. The van der Waals surface area contributed by atoms with Gasteiger partial charge >= 0.3 is 6.09 Å². The van der Waals surface area contributed by atoms with Gasteiger partial charge in [-0.1, -0.05) is 109 Å². The van der Waals surface area contributed by atoms with Crippen molar-refractivity contribution < 1.29 is 28.6 Å². The maximum absolute atomic E-state index is 14.7. The first-order valence-electron chi connectivity index (χ1n) is 16.3. The molecule has 0 unspecified atom stereocenters. The average Bonchev–Trinajstić information content (AvgIpc) is 3.50. The number of carbonyl (C=O) groups is 2. The molecule has 0 aliphatic carbocycles. The molecule has 252 valence electrons. The van der Waals surface area contributed by atoms with Crippen molar-refractivity contribution in [1.29, 1.82) is 0 Å². The van der Waals surface area contributed by atoms with E-state index in [0.29, 0.717) is 23.0 Å². The van der Waals surface area contributed by atoms with Crippen molar-refractivity contribution in [2.45, 2.75) is 44.4 Å². The van der Waals surface area contributed by atoms with Crippen LogP contribution in [0.1, 0.15) is 43.9 Å². The molecule has 1 aromatic heterocycles. The van der Waals surface area contributed by atoms with Gasteiger partial charge in [-0.15, -0.1) is 11.3 Å². The number of hydrogen-bond acceptors (Lipinski definition) is 7. The van der Waals surface area contributed by atoms with Gasteiger partial charge in [0.1, 0.15) is 23.7 Å². The first kappa shape index (κ1) is 33.8. The van der Waals surface area contributed by atoms with Gasteiger partial charge < -0.3 is 14.2 Å². The number of carbonyl (C=O) groups excluding carboxylic acids is 2. The zero-order valence-electron chi connectivity index (χ0n) is 27.9. The summed E-state index contributed by atoms with van der Waals surface area (Å²) in [4.78, 5) is 36.8. The predicted octanol–water partition coefficient (Wildman–Crippen LogP) is 8.68. The second-order valence-electron chi connectivity index (χ2n) is 12.7. The average molecular weight is 677 g/mol. The van der Waals surface area contributed by atoms with Crippen LogP contribution < -0.4 is 9.47 Å². The second kappa shape index (κ2) is 15.0. The molecule has 1 fully saturated rings. The highest BCUT2D eigenvalue weighted by Gasteiger charge is 2.45. The summed E-state index contributed by atoms with van der Waals surface area (Å²) >= 11 is 1.35. The van der Waals surface area contributed by atoms with E-state index >= 15 is 0 Å². The largest absolute Gasteiger partial charge is 0.481 e. The Kier molecular flexibility index (Phi) is 10.3. The molecule has 1 aliphatic rings. The highest BCUT2D eigenvalue weighted by atomic mass is 32.1. The fourth-order valence-corrected chi connectivity index (χ4v) is 6.47. The van der Waals surface area contributed by atoms with Crippen molar-refractivity contribution in [2.24, 2.45) is 0 Å². The summed E-state index contributed by atoms with van der Waals surface area (Å²) in [5.74, 6) is 0.909. The molecule has 49 heavy (non-hydrogen) atoms. The molecule has 9 heteroatoms. The van der Waals surface area contributed by atoms with E-state index in [1.807, 2.05) is 127 Å². The number of ether oxygens (including phenoxy) is 3. The third-order valence-electron chi connectivity index (χ3n) is 8.00. The molecule has 1 saturated heterocycles. The number of hydroxylamine groups is 2. The minimum atomic E-state index is -1.18. The van der Waals surface area contributed by atoms with E-state index in [0.717, 1.165) is 16.7 Å². The summed E-state index contributed by atoms with van der Waals surface area (Å²) in [6.07, 6.45) is -0.125.